The van der Waals surface area contributed by atoms with Gasteiger partial charge in [0.05, 0.1) is 9.16 Å². The molecule has 1 aromatic carbocycles. The molecule has 2 aromatic rings. The van der Waals surface area contributed by atoms with Crippen molar-refractivity contribution in [1.82, 2.24) is 0 Å². The minimum absolute atomic E-state index is 0.181. The van der Waals surface area contributed by atoms with Crippen LogP contribution in [0.3, 0.4) is 0 Å². The molecule has 84 valence electrons. The van der Waals surface area contributed by atoms with Gasteiger partial charge < -0.3 is 0 Å². The average molecular weight is 320 g/mol. The number of benzene rings is 1. The molecule has 2 rings (SSSR count). The van der Waals surface area contributed by atoms with Crippen LogP contribution >= 0.6 is 38.9 Å². The first kappa shape index (κ1) is 12.1. The molecule has 0 saturated carbocycles. The Morgan fingerprint density at radius 2 is 2.12 bits per heavy atom. The molecule has 0 N–H and O–H groups in total. The second-order valence-corrected chi connectivity index (χ2v) is 6.26. The van der Waals surface area contributed by atoms with Crippen LogP contribution in [0.15, 0.2) is 39.5 Å². The summed E-state index contributed by atoms with van der Waals surface area (Å²) in [6, 6.07) is 8.71. The lowest BCUT2D eigenvalue weighted by molar-refractivity contribution is 0.607. The molecule has 1 unspecified atom stereocenters. The fourth-order valence-corrected chi connectivity index (χ4v) is 3.06. The molecule has 0 nitrogen and oxygen atoms in total. The quantitative estimate of drug-likeness (QED) is 0.684. The number of alkyl halides is 1. The average Bonchev–Trinajstić information content (AvgIpc) is 2.68. The van der Waals surface area contributed by atoms with Crippen LogP contribution in [0.2, 0.25) is 0 Å². The van der Waals surface area contributed by atoms with Crippen LogP contribution in [-0.2, 0) is 6.42 Å². The first-order valence-electron chi connectivity index (χ1n) is 4.78. The van der Waals surface area contributed by atoms with Gasteiger partial charge >= 0.3 is 0 Å². The highest BCUT2D eigenvalue weighted by atomic mass is 79.9. The van der Waals surface area contributed by atoms with Crippen molar-refractivity contribution in [2.45, 2.75) is 11.8 Å². The highest BCUT2D eigenvalue weighted by Gasteiger charge is 2.12. The third-order valence-corrected chi connectivity index (χ3v) is 4.24. The highest BCUT2D eigenvalue weighted by molar-refractivity contribution is 9.11. The summed E-state index contributed by atoms with van der Waals surface area (Å²) in [6.45, 7) is 0. The van der Waals surface area contributed by atoms with Crippen LogP contribution < -0.4 is 0 Å². The molecule has 0 amide bonds. The van der Waals surface area contributed by atoms with Crippen molar-refractivity contribution in [1.29, 1.82) is 0 Å². The zero-order valence-electron chi connectivity index (χ0n) is 8.29. The van der Waals surface area contributed by atoms with Crippen LogP contribution in [0, 0.1) is 5.82 Å². The molecule has 0 radical (unpaired) electrons. The molecule has 4 heteroatoms. The van der Waals surface area contributed by atoms with Gasteiger partial charge in [0, 0.05) is 0 Å². The minimum atomic E-state index is -0.192. The number of hydrogen-bond donors (Lipinski definition) is 0. The number of halogens is 3. The Hall–Kier alpha value is -0.380. The maximum Gasteiger partial charge on any atom is 0.126 e. The number of rotatable bonds is 3. The van der Waals surface area contributed by atoms with E-state index in [0.29, 0.717) is 12.0 Å². The van der Waals surface area contributed by atoms with Crippen molar-refractivity contribution in [2.75, 3.05) is 0 Å². The fraction of sp³-hybridized carbons (Fsp3) is 0.167. The van der Waals surface area contributed by atoms with Gasteiger partial charge in [0.25, 0.3) is 0 Å². The third-order valence-electron chi connectivity index (χ3n) is 2.31. The van der Waals surface area contributed by atoms with Crippen molar-refractivity contribution in [3.8, 4) is 0 Å². The Morgan fingerprint density at radius 1 is 1.38 bits per heavy atom. The van der Waals surface area contributed by atoms with E-state index >= 15 is 0 Å². The zero-order chi connectivity index (χ0) is 11.5. The van der Waals surface area contributed by atoms with E-state index in [1.54, 1.807) is 23.5 Å². The summed E-state index contributed by atoms with van der Waals surface area (Å²) < 4.78 is 14.4. The lowest BCUT2D eigenvalue weighted by Gasteiger charge is -2.08. The van der Waals surface area contributed by atoms with E-state index in [0.717, 1.165) is 9.35 Å². The van der Waals surface area contributed by atoms with Crippen molar-refractivity contribution in [2.24, 2.45) is 0 Å². The van der Waals surface area contributed by atoms with Gasteiger partial charge in [0.1, 0.15) is 5.82 Å². The molecule has 0 aliphatic rings. The second-order valence-electron chi connectivity index (χ2n) is 3.45. The molecule has 0 spiro atoms. The van der Waals surface area contributed by atoms with Crippen molar-refractivity contribution >= 4 is 38.9 Å². The van der Waals surface area contributed by atoms with Crippen LogP contribution in [0.25, 0.3) is 0 Å². The first-order chi connectivity index (χ1) is 7.66. The number of thiophene rings is 1. The van der Waals surface area contributed by atoms with Gasteiger partial charge in [0.15, 0.2) is 0 Å². The molecule has 1 heterocycles. The van der Waals surface area contributed by atoms with E-state index in [4.69, 9.17) is 11.6 Å². The molecule has 0 fully saturated rings. The Balaban J connectivity index is 2.13. The molecule has 1 atom stereocenters. The second kappa shape index (κ2) is 5.30. The zero-order valence-corrected chi connectivity index (χ0v) is 11.4. The molecule has 0 bridgehead atoms. The summed E-state index contributed by atoms with van der Waals surface area (Å²) in [5.41, 5.74) is 1.69. The highest BCUT2D eigenvalue weighted by Crippen LogP contribution is 2.31. The molecule has 1 aromatic heterocycles. The van der Waals surface area contributed by atoms with Crippen LogP contribution in [0.4, 0.5) is 4.39 Å². The normalized spacial score (nSPS) is 12.7. The summed E-state index contributed by atoms with van der Waals surface area (Å²) in [4.78, 5) is 0. The van der Waals surface area contributed by atoms with Gasteiger partial charge in [-0.15, -0.1) is 22.9 Å². The van der Waals surface area contributed by atoms with E-state index in [2.05, 4.69) is 15.9 Å². The van der Waals surface area contributed by atoms with E-state index in [9.17, 15) is 4.39 Å². The van der Waals surface area contributed by atoms with Crippen LogP contribution in [-0.4, -0.2) is 0 Å². The molecule has 0 aliphatic carbocycles. The SMILES string of the molecule is Fc1ccccc1CC(Cl)c1csc(Br)c1. The fourth-order valence-electron chi connectivity index (χ4n) is 1.46. The number of hydrogen-bond acceptors (Lipinski definition) is 1. The van der Waals surface area contributed by atoms with Crippen molar-refractivity contribution in [3.05, 3.63) is 56.4 Å². The molecular weight excluding hydrogens is 311 g/mol. The largest absolute Gasteiger partial charge is 0.207 e. The topological polar surface area (TPSA) is 0 Å². The van der Waals surface area contributed by atoms with Gasteiger partial charge in [0.2, 0.25) is 0 Å². The van der Waals surface area contributed by atoms with E-state index in [-0.39, 0.29) is 11.2 Å². The maximum atomic E-state index is 13.4. The van der Waals surface area contributed by atoms with E-state index < -0.39 is 0 Å². The standard InChI is InChI=1S/C12H9BrClFS/c13-12-6-9(7-16-12)10(14)5-8-3-1-2-4-11(8)15/h1-4,6-7,10H,5H2. The first-order valence-corrected chi connectivity index (χ1v) is 6.89. The summed E-state index contributed by atoms with van der Waals surface area (Å²) in [7, 11) is 0. The molecular formula is C12H9BrClFS. The smallest absolute Gasteiger partial charge is 0.126 e. The predicted molar refractivity (Wildman–Crippen MR) is 70.7 cm³/mol. The Morgan fingerprint density at radius 3 is 2.75 bits per heavy atom. The summed E-state index contributed by atoms with van der Waals surface area (Å²) in [5.74, 6) is -0.192. The van der Waals surface area contributed by atoms with Crippen LogP contribution in [0.5, 0.6) is 0 Å². The molecule has 0 saturated heterocycles. The van der Waals surface area contributed by atoms with Crippen molar-refractivity contribution < 1.29 is 4.39 Å². The Kier molecular flexibility index (Phi) is 4.00. The van der Waals surface area contributed by atoms with E-state index in [1.807, 2.05) is 17.5 Å². The summed E-state index contributed by atoms with van der Waals surface area (Å²) in [6.07, 6.45) is 0.511. The summed E-state index contributed by atoms with van der Waals surface area (Å²) >= 11 is 11.2. The van der Waals surface area contributed by atoms with E-state index in [1.165, 1.54) is 6.07 Å². The minimum Gasteiger partial charge on any atom is -0.207 e. The maximum absolute atomic E-state index is 13.4. The van der Waals surface area contributed by atoms with Gasteiger partial charge in [-0.05, 0) is 51.0 Å². The van der Waals surface area contributed by atoms with Gasteiger partial charge in [-0.2, -0.15) is 0 Å². The Labute approximate surface area is 111 Å². The van der Waals surface area contributed by atoms with Crippen LogP contribution in [0.1, 0.15) is 16.5 Å². The molecule has 0 aliphatic heterocycles. The lowest BCUT2D eigenvalue weighted by Crippen LogP contribution is -1.96. The van der Waals surface area contributed by atoms with Gasteiger partial charge in [-0.25, -0.2) is 4.39 Å². The van der Waals surface area contributed by atoms with Gasteiger partial charge in [-0.3, -0.25) is 0 Å². The monoisotopic (exact) mass is 318 g/mol. The van der Waals surface area contributed by atoms with Crippen molar-refractivity contribution in [3.63, 3.8) is 0 Å². The third kappa shape index (κ3) is 2.84. The Bertz CT molecular complexity index is 483. The summed E-state index contributed by atoms with van der Waals surface area (Å²) in [5, 5.41) is 1.81. The lowest BCUT2D eigenvalue weighted by atomic mass is 10.1. The van der Waals surface area contributed by atoms with Gasteiger partial charge in [-0.1, -0.05) is 18.2 Å². The molecule has 16 heavy (non-hydrogen) atoms. The predicted octanol–water partition coefficient (Wildman–Crippen LogP) is 5.17.